The van der Waals surface area contributed by atoms with Gasteiger partial charge in [-0.3, -0.25) is 0 Å². The van der Waals surface area contributed by atoms with Gasteiger partial charge in [-0.05, 0) is 26.2 Å². The number of aliphatic hydroxyl groups excluding tert-OH is 1. The van der Waals surface area contributed by atoms with Gasteiger partial charge in [-0.2, -0.15) is 0 Å². The molecule has 0 bridgehead atoms. The second kappa shape index (κ2) is 19.2. The Bertz CT molecular complexity index is 387. The van der Waals surface area contributed by atoms with E-state index in [0.29, 0.717) is 6.42 Å². The minimum atomic E-state index is -4.10. The van der Waals surface area contributed by atoms with E-state index in [1.165, 1.54) is 58.3 Å². The summed E-state index contributed by atoms with van der Waals surface area (Å²) in [6.45, 7) is 3.72. The van der Waals surface area contributed by atoms with Gasteiger partial charge < -0.3 is 9.66 Å². The van der Waals surface area contributed by atoms with Crippen LogP contribution in [0.25, 0.3) is 0 Å². The van der Waals surface area contributed by atoms with Crippen molar-refractivity contribution in [2.75, 3.05) is 0 Å². The first-order valence-corrected chi connectivity index (χ1v) is 12.0. The van der Waals surface area contributed by atoms with Crippen LogP contribution in [-0.2, 0) is 10.1 Å². The zero-order chi connectivity index (χ0) is 19.0. The third-order valence-corrected chi connectivity index (χ3v) is 6.25. The van der Waals surface area contributed by atoms with Gasteiger partial charge in [0.05, 0.1) is 16.2 Å². The normalized spacial score (nSPS) is 14.0. The quantitative estimate of drug-likeness (QED) is 0.218. The van der Waals surface area contributed by atoms with E-state index in [1.54, 1.807) is 0 Å². The Kier molecular flexibility index (Phi) is 21.5. The van der Waals surface area contributed by atoms with E-state index in [4.69, 9.17) is 0 Å². The predicted octanol–water partition coefficient (Wildman–Crippen LogP) is 2.55. The second-order valence-corrected chi connectivity index (χ2v) is 9.36. The van der Waals surface area contributed by atoms with Gasteiger partial charge in [0.2, 0.25) is 0 Å². The molecular weight excluding hydrogens is 359 g/mol. The Morgan fingerprint density at radius 3 is 1.46 bits per heavy atom. The summed E-state index contributed by atoms with van der Waals surface area (Å²) in [6.07, 6.45) is 17.4. The van der Waals surface area contributed by atoms with Crippen molar-refractivity contribution >= 4 is 10.1 Å². The molecule has 152 valence electrons. The zero-order valence-corrected chi connectivity index (χ0v) is 20.4. The molecule has 0 amide bonds. The van der Waals surface area contributed by atoms with Crippen LogP contribution in [0.1, 0.15) is 117 Å². The van der Waals surface area contributed by atoms with Gasteiger partial charge >= 0.3 is 29.6 Å². The molecule has 0 aromatic carbocycles. The summed E-state index contributed by atoms with van der Waals surface area (Å²) in [4.78, 5) is 0. The third kappa shape index (κ3) is 19.6. The van der Waals surface area contributed by atoms with Crippen molar-refractivity contribution in [1.82, 2.24) is 0 Å². The van der Waals surface area contributed by atoms with E-state index >= 15 is 0 Å². The molecule has 0 aromatic heterocycles. The molecule has 0 spiro atoms. The van der Waals surface area contributed by atoms with Crippen molar-refractivity contribution in [3.8, 4) is 0 Å². The Hall–Kier alpha value is 0.870. The van der Waals surface area contributed by atoms with Gasteiger partial charge in [-0.1, -0.05) is 90.4 Å². The first-order valence-electron chi connectivity index (χ1n) is 10.5. The van der Waals surface area contributed by atoms with Gasteiger partial charge in [-0.15, -0.1) is 0 Å². The molecule has 0 rings (SSSR count). The fourth-order valence-electron chi connectivity index (χ4n) is 3.14. The predicted molar refractivity (Wildman–Crippen MR) is 105 cm³/mol. The molecule has 2 unspecified atom stereocenters. The molecule has 6 heteroatoms. The summed E-state index contributed by atoms with van der Waals surface area (Å²) in [5.74, 6) is 0. The maximum absolute atomic E-state index is 10.8. The van der Waals surface area contributed by atoms with Gasteiger partial charge in [-0.25, -0.2) is 8.42 Å². The zero-order valence-electron chi connectivity index (χ0n) is 17.5. The van der Waals surface area contributed by atoms with Gasteiger partial charge in [0, 0.05) is 5.25 Å². The van der Waals surface area contributed by atoms with Crippen molar-refractivity contribution in [3.05, 3.63) is 0 Å². The van der Waals surface area contributed by atoms with Crippen molar-refractivity contribution in [2.24, 2.45) is 0 Å². The van der Waals surface area contributed by atoms with E-state index in [1.807, 2.05) is 0 Å². The van der Waals surface area contributed by atoms with Crippen LogP contribution in [0.2, 0.25) is 0 Å². The summed E-state index contributed by atoms with van der Waals surface area (Å²) in [5.41, 5.74) is 0. The fourth-order valence-corrected chi connectivity index (χ4v) is 3.60. The molecule has 0 heterocycles. The summed E-state index contributed by atoms with van der Waals surface area (Å²) in [7, 11) is -4.10. The number of hydrogen-bond donors (Lipinski definition) is 1. The molecule has 0 aliphatic rings. The summed E-state index contributed by atoms with van der Waals surface area (Å²) >= 11 is 0. The average Bonchev–Trinajstić information content (AvgIpc) is 2.55. The Morgan fingerprint density at radius 1 is 0.731 bits per heavy atom. The van der Waals surface area contributed by atoms with E-state index < -0.39 is 15.4 Å². The Morgan fingerprint density at radius 2 is 1.08 bits per heavy atom. The van der Waals surface area contributed by atoms with Crippen LogP contribution < -0.4 is 29.6 Å². The molecule has 26 heavy (non-hydrogen) atoms. The maximum atomic E-state index is 10.8. The number of unbranched alkanes of at least 4 members (excludes halogenated alkanes) is 11. The van der Waals surface area contributed by atoms with Gasteiger partial charge in [0.1, 0.15) is 0 Å². The van der Waals surface area contributed by atoms with Crippen LogP contribution >= 0.6 is 0 Å². The SMILES string of the molecule is CCCCCCCC(O)CCCCCCCCCCC(C)S(=O)(=O)[O-].[Na+]. The first kappa shape index (κ1) is 29.1. The molecule has 0 saturated carbocycles. The molecule has 0 aliphatic heterocycles. The molecular formula is C20H41NaO4S. The molecule has 2 atom stereocenters. The number of aliphatic hydroxyl groups is 1. The van der Waals surface area contributed by atoms with Crippen LogP contribution in [0, 0.1) is 0 Å². The molecule has 4 nitrogen and oxygen atoms in total. The number of hydrogen-bond acceptors (Lipinski definition) is 4. The molecule has 0 aliphatic carbocycles. The Balaban J connectivity index is 0. The van der Waals surface area contributed by atoms with E-state index in [9.17, 15) is 18.1 Å². The van der Waals surface area contributed by atoms with E-state index in [2.05, 4.69) is 6.92 Å². The summed E-state index contributed by atoms with van der Waals surface area (Å²) in [5, 5.41) is 9.20. The van der Waals surface area contributed by atoms with Crippen molar-refractivity contribution in [1.29, 1.82) is 0 Å². The minimum absolute atomic E-state index is 0. The maximum Gasteiger partial charge on any atom is 1.00 e. The van der Waals surface area contributed by atoms with Gasteiger partial charge in [0.15, 0.2) is 0 Å². The topological polar surface area (TPSA) is 77.4 Å². The standard InChI is InChI=1S/C20H42O4S.Na/c1-3-4-5-10-14-17-20(21)18-15-12-9-7-6-8-11-13-16-19(2)25(22,23)24;/h19-21H,3-18H2,1-2H3,(H,22,23,24);/q;+1/p-1. The third-order valence-electron chi connectivity index (χ3n) is 5.03. The smallest absolute Gasteiger partial charge is 0.748 e. The Labute approximate surface area is 185 Å². The van der Waals surface area contributed by atoms with Crippen molar-refractivity contribution in [2.45, 2.75) is 128 Å². The van der Waals surface area contributed by atoms with Crippen LogP contribution in [0.15, 0.2) is 0 Å². The van der Waals surface area contributed by atoms with Crippen LogP contribution in [0.5, 0.6) is 0 Å². The monoisotopic (exact) mass is 400 g/mol. The van der Waals surface area contributed by atoms with Gasteiger partial charge in [0.25, 0.3) is 0 Å². The molecule has 0 aromatic rings. The fraction of sp³-hybridized carbons (Fsp3) is 1.00. The van der Waals surface area contributed by atoms with E-state index in [0.717, 1.165) is 44.9 Å². The molecule has 0 saturated heterocycles. The van der Waals surface area contributed by atoms with E-state index in [-0.39, 0.29) is 35.7 Å². The summed E-state index contributed by atoms with van der Waals surface area (Å²) in [6, 6.07) is 0. The minimum Gasteiger partial charge on any atom is -0.748 e. The average molecular weight is 401 g/mol. The van der Waals surface area contributed by atoms with Crippen LogP contribution in [0.4, 0.5) is 0 Å². The van der Waals surface area contributed by atoms with Crippen molar-refractivity contribution in [3.63, 3.8) is 0 Å². The molecule has 1 N–H and O–H groups in total. The molecule has 0 fully saturated rings. The molecule has 0 radical (unpaired) electrons. The van der Waals surface area contributed by atoms with Crippen LogP contribution in [-0.4, -0.2) is 29.4 Å². The second-order valence-electron chi connectivity index (χ2n) is 7.57. The number of rotatable bonds is 18. The first-order chi connectivity index (χ1) is 11.9. The largest absolute Gasteiger partial charge is 1.00 e. The van der Waals surface area contributed by atoms with Crippen LogP contribution in [0.3, 0.4) is 0 Å². The van der Waals surface area contributed by atoms with Crippen molar-refractivity contribution < 1.29 is 47.6 Å². The summed E-state index contributed by atoms with van der Waals surface area (Å²) < 4.78 is 32.3.